The van der Waals surface area contributed by atoms with Crippen molar-refractivity contribution in [2.24, 2.45) is 22.7 Å². The molecule has 0 heterocycles. The van der Waals surface area contributed by atoms with Crippen molar-refractivity contribution in [3.63, 3.8) is 0 Å². The van der Waals surface area contributed by atoms with Gasteiger partial charge in [-0.2, -0.15) is 0 Å². The van der Waals surface area contributed by atoms with Gasteiger partial charge in [0.05, 0.1) is 19.3 Å². The summed E-state index contributed by atoms with van der Waals surface area (Å²) in [6.07, 6.45) is 3.47. The number of ether oxygens (including phenoxy) is 1. The topological polar surface area (TPSA) is 44.8 Å². The van der Waals surface area contributed by atoms with Crippen molar-refractivity contribution in [1.82, 2.24) is 0 Å². The monoisotopic (exact) mass is 314 g/mol. The first kappa shape index (κ1) is 19.6. The van der Waals surface area contributed by atoms with E-state index in [1.165, 1.54) is 0 Å². The minimum Gasteiger partial charge on any atom is -0.381 e. The molecule has 0 aromatic carbocycles. The third-order valence-electron chi connectivity index (χ3n) is 5.31. The molecule has 1 aliphatic rings. The maximum atomic E-state index is 11.1. The molecular formula is C18H34O4. The van der Waals surface area contributed by atoms with Crippen LogP contribution in [0.15, 0.2) is 0 Å². The first-order valence-corrected chi connectivity index (χ1v) is 8.38. The summed E-state index contributed by atoms with van der Waals surface area (Å²) in [4.78, 5) is 21.6. The van der Waals surface area contributed by atoms with Gasteiger partial charge >= 0.3 is 0 Å². The summed E-state index contributed by atoms with van der Waals surface area (Å²) in [5, 5.41) is 0. The molecular weight excluding hydrogens is 280 g/mol. The predicted octanol–water partition coefficient (Wildman–Crippen LogP) is 4.03. The minimum absolute atomic E-state index is 0.106. The fourth-order valence-corrected chi connectivity index (χ4v) is 4.03. The third kappa shape index (κ3) is 5.32. The van der Waals surface area contributed by atoms with Gasteiger partial charge in [-0.1, -0.05) is 34.6 Å². The lowest BCUT2D eigenvalue weighted by Gasteiger charge is -2.52. The van der Waals surface area contributed by atoms with E-state index >= 15 is 0 Å². The third-order valence-corrected chi connectivity index (χ3v) is 5.31. The number of rotatable bonds is 8. The molecule has 1 unspecified atom stereocenters. The minimum atomic E-state index is -0.106. The van der Waals surface area contributed by atoms with E-state index in [1.807, 2.05) is 14.0 Å². The van der Waals surface area contributed by atoms with Crippen molar-refractivity contribution in [1.29, 1.82) is 0 Å². The average Bonchev–Trinajstić information content (AvgIpc) is 2.39. The van der Waals surface area contributed by atoms with E-state index in [9.17, 15) is 4.79 Å². The fraction of sp³-hybridized carbons (Fsp3) is 0.944. The summed E-state index contributed by atoms with van der Waals surface area (Å²) in [6.45, 7) is 13.6. The highest BCUT2D eigenvalue weighted by molar-refractivity contribution is 5.77. The molecule has 22 heavy (non-hydrogen) atoms. The van der Waals surface area contributed by atoms with E-state index in [1.54, 1.807) is 6.92 Å². The quantitative estimate of drug-likeness (QED) is 0.385. The molecule has 4 nitrogen and oxygen atoms in total. The van der Waals surface area contributed by atoms with Gasteiger partial charge in [-0.3, -0.25) is 4.79 Å². The fourth-order valence-electron chi connectivity index (χ4n) is 4.03. The van der Waals surface area contributed by atoms with Gasteiger partial charge in [0.15, 0.2) is 0 Å². The Morgan fingerprint density at radius 1 is 1.14 bits per heavy atom. The highest BCUT2D eigenvalue weighted by atomic mass is 17.2. The van der Waals surface area contributed by atoms with Crippen LogP contribution in [0, 0.1) is 22.7 Å². The van der Waals surface area contributed by atoms with Gasteiger partial charge in [-0.15, -0.1) is 0 Å². The van der Waals surface area contributed by atoms with E-state index in [2.05, 4.69) is 27.7 Å². The normalized spacial score (nSPS) is 28.3. The summed E-state index contributed by atoms with van der Waals surface area (Å²) in [5.74, 6) is 0.578. The summed E-state index contributed by atoms with van der Waals surface area (Å²) in [7, 11) is 1.81. The van der Waals surface area contributed by atoms with Crippen LogP contribution in [-0.4, -0.2) is 32.2 Å². The number of hydrogen-bond acceptors (Lipinski definition) is 4. The van der Waals surface area contributed by atoms with Crippen LogP contribution in [0.25, 0.3) is 0 Å². The van der Waals surface area contributed by atoms with E-state index in [0.717, 1.165) is 19.3 Å². The maximum absolute atomic E-state index is 11.1. The molecule has 4 heteroatoms. The number of carbonyl (C=O) groups is 1. The number of methoxy groups -OCH3 is 1. The molecule has 0 radical (unpaired) electrons. The molecule has 1 saturated carbocycles. The second-order valence-electron chi connectivity index (χ2n) is 8.20. The zero-order valence-corrected chi connectivity index (χ0v) is 15.4. The van der Waals surface area contributed by atoms with Gasteiger partial charge in [0.2, 0.25) is 0 Å². The molecule has 1 aliphatic carbocycles. The molecule has 0 aliphatic heterocycles. The van der Waals surface area contributed by atoms with Crippen LogP contribution >= 0.6 is 0 Å². The summed E-state index contributed by atoms with van der Waals surface area (Å²) in [6, 6.07) is 0. The maximum Gasteiger partial charge on any atom is 0.135 e. The molecule has 0 saturated heterocycles. The number of carbonyl (C=O) groups excluding carboxylic acids is 1. The zero-order chi connectivity index (χ0) is 17.0. The summed E-state index contributed by atoms with van der Waals surface area (Å²) in [5.41, 5.74) is 0.441. The molecule has 0 bridgehead atoms. The highest BCUT2D eigenvalue weighted by Crippen LogP contribution is 2.52. The molecule has 1 rings (SSSR count). The highest BCUT2D eigenvalue weighted by Gasteiger charge is 2.47. The number of ketones is 1. The standard InChI is InChI=1S/C18H34O4/c1-13(14(2)19)12-22-21-9-8-16-17(3,4)10-15(20-7)11-18(16,5)6/h13,15-16H,8-12H2,1-7H3. The lowest BCUT2D eigenvalue weighted by molar-refractivity contribution is -0.303. The number of hydrogen-bond donors (Lipinski definition) is 0. The van der Waals surface area contributed by atoms with Gasteiger partial charge in [0.1, 0.15) is 5.78 Å². The van der Waals surface area contributed by atoms with Crippen molar-refractivity contribution in [2.45, 2.75) is 66.9 Å². The predicted molar refractivity (Wildman–Crippen MR) is 87.4 cm³/mol. The van der Waals surface area contributed by atoms with Gasteiger partial charge in [-0.05, 0) is 42.9 Å². The van der Waals surface area contributed by atoms with E-state index in [0.29, 0.717) is 25.2 Å². The van der Waals surface area contributed by atoms with Gasteiger partial charge < -0.3 is 4.74 Å². The SMILES string of the molecule is COC1CC(C)(C)C(CCOOCC(C)C(C)=O)C(C)(C)C1. The molecule has 0 amide bonds. The molecule has 1 fully saturated rings. The Labute approximate surface area is 135 Å². The van der Waals surface area contributed by atoms with Gasteiger partial charge in [0.25, 0.3) is 0 Å². The largest absolute Gasteiger partial charge is 0.381 e. The molecule has 130 valence electrons. The molecule has 0 N–H and O–H groups in total. The van der Waals surface area contributed by atoms with Gasteiger partial charge in [0, 0.05) is 13.0 Å². The van der Waals surface area contributed by atoms with Crippen LogP contribution in [-0.2, 0) is 19.3 Å². The van der Waals surface area contributed by atoms with Crippen molar-refractivity contribution < 1.29 is 19.3 Å². The van der Waals surface area contributed by atoms with Crippen LogP contribution in [0.4, 0.5) is 0 Å². The van der Waals surface area contributed by atoms with Crippen molar-refractivity contribution in [2.75, 3.05) is 20.3 Å². The molecule has 0 aromatic heterocycles. The lowest BCUT2D eigenvalue weighted by atomic mass is 9.55. The van der Waals surface area contributed by atoms with Crippen LogP contribution < -0.4 is 0 Å². The molecule has 0 aromatic rings. The Balaban J connectivity index is 2.45. The second-order valence-corrected chi connectivity index (χ2v) is 8.20. The van der Waals surface area contributed by atoms with Crippen LogP contribution in [0.5, 0.6) is 0 Å². The molecule has 0 spiro atoms. The van der Waals surface area contributed by atoms with E-state index in [4.69, 9.17) is 14.5 Å². The summed E-state index contributed by atoms with van der Waals surface area (Å²) < 4.78 is 5.61. The van der Waals surface area contributed by atoms with Crippen molar-refractivity contribution in [3.8, 4) is 0 Å². The van der Waals surface area contributed by atoms with Crippen molar-refractivity contribution >= 4 is 5.78 Å². The van der Waals surface area contributed by atoms with Crippen LogP contribution in [0.1, 0.15) is 60.8 Å². The first-order chi connectivity index (χ1) is 10.1. The average molecular weight is 314 g/mol. The van der Waals surface area contributed by atoms with Crippen LogP contribution in [0.2, 0.25) is 0 Å². The smallest absolute Gasteiger partial charge is 0.135 e. The summed E-state index contributed by atoms with van der Waals surface area (Å²) >= 11 is 0. The van der Waals surface area contributed by atoms with Crippen LogP contribution in [0.3, 0.4) is 0 Å². The van der Waals surface area contributed by atoms with E-state index in [-0.39, 0.29) is 22.5 Å². The molecule has 1 atom stereocenters. The second kappa shape index (κ2) is 7.89. The van der Waals surface area contributed by atoms with Gasteiger partial charge in [-0.25, -0.2) is 9.78 Å². The lowest BCUT2D eigenvalue weighted by Crippen LogP contribution is -2.46. The van der Waals surface area contributed by atoms with Crippen molar-refractivity contribution in [3.05, 3.63) is 0 Å². The Morgan fingerprint density at radius 2 is 1.68 bits per heavy atom. The first-order valence-electron chi connectivity index (χ1n) is 8.38. The Hall–Kier alpha value is -0.450. The Bertz CT molecular complexity index is 344. The van der Waals surface area contributed by atoms with E-state index < -0.39 is 0 Å². The zero-order valence-electron chi connectivity index (χ0n) is 15.4. The number of Topliss-reactive ketones (excluding diaryl/α,β-unsaturated/α-hetero) is 1. The Morgan fingerprint density at radius 3 is 2.14 bits per heavy atom. The Kier molecular flexibility index (Phi) is 7.03.